The number of benzene rings is 1. The van der Waals surface area contributed by atoms with Gasteiger partial charge in [-0.3, -0.25) is 9.69 Å². The zero-order chi connectivity index (χ0) is 16.1. The number of carboxylic acids is 1. The topological polar surface area (TPSA) is 69.7 Å². The predicted molar refractivity (Wildman–Crippen MR) is 87.0 cm³/mol. The molecule has 1 saturated heterocycles. The molecule has 0 unspecified atom stereocenters. The third-order valence-corrected chi connectivity index (χ3v) is 4.08. The molecule has 2 rings (SSSR count). The van der Waals surface area contributed by atoms with Gasteiger partial charge >= 0.3 is 0 Å². The molecule has 114 valence electrons. The number of thiocarbonyl (C=S) groups is 1. The van der Waals surface area contributed by atoms with Crippen molar-refractivity contribution in [1.29, 1.82) is 0 Å². The molecule has 0 aliphatic carbocycles. The molecular weight excluding hydrogens is 322 g/mol. The monoisotopic (exact) mass is 334 g/mol. The predicted octanol–water partition coefficient (Wildman–Crippen LogP) is 1.20. The summed E-state index contributed by atoms with van der Waals surface area (Å²) in [5.41, 5.74) is 0.718. The summed E-state index contributed by atoms with van der Waals surface area (Å²) in [7, 11) is 0. The average Bonchev–Trinajstić information content (AvgIpc) is 2.74. The Kier molecular flexibility index (Phi) is 5.35. The maximum Gasteiger partial charge on any atom is 0.266 e. The van der Waals surface area contributed by atoms with Crippen LogP contribution in [0, 0.1) is 0 Å². The maximum absolute atomic E-state index is 12.2. The van der Waals surface area contributed by atoms with E-state index in [-0.39, 0.29) is 5.91 Å². The summed E-state index contributed by atoms with van der Waals surface area (Å²) in [4.78, 5) is 24.6. The first-order chi connectivity index (χ1) is 10.5. The van der Waals surface area contributed by atoms with Crippen LogP contribution in [0.2, 0.25) is 0 Å². The summed E-state index contributed by atoms with van der Waals surface area (Å²) in [6.07, 6.45) is 3.30. The molecule has 5 nitrogen and oxygen atoms in total. The lowest BCUT2D eigenvalue weighted by atomic mass is 10.2. The van der Waals surface area contributed by atoms with E-state index in [1.165, 1.54) is 16.7 Å². The van der Waals surface area contributed by atoms with E-state index < -0.39 is 12.6 Å². The van der Waals surface area contributed by atoms with Crippen molar-refractivity contribution in [3.8, 4) is 5.75 Å². The molecule has 0 aromatic heterocycles. The minimum atomic E-state index is -1.30. The number of carbonyl (C=O) groups is 2. The van der Waals surface area contributed by atoms with E-state index in [4.69, 9.17) is 17.0 Å². The first-order valence-electron chi connectivity index (χ1n) is 6.30. The van der Waals surface area contributed by atoms with Crippen molar-refractivity contribution in [3.05, 3.63) is 47.4 Å². The molecule has 0 bridgehead atoms. The van der Waals surface area contributed by atoms with Crippen LogP contribution in [0.3, 0.4) is 0 Å². The van der Waals surface area contributed by atoms with Gasteiger partial charge in [0.15, 0.2) is 0 Å². The van der Waals surface area contributed by atoms with E-state index in [9.17, 15) is 14.7 Å². The summed E-state index contributed by atoms with van der Waals surface area (Å²) in [6.45, 7) is 3.45. The Morgan fingerprint density at radius 2 is 2.27 bits per heavy atom. The standard InChI is InChI=1S/C15H13NO4S2/c1-2-6-16-14(19)12(22-15(16)21)8-10-4-3-5-11(7-10)20-9-13(17)18/h2-5,7-8H,1,6,9H2,(H,17,18)/p-1/b12-8+. The van der Waals surface area contributed by atoms with Gasteiger partial charge in [0, 0.05) is 6.54 Å². The van der Waals surface area contributed by atoms with Gasteiger partial charge in [0.1, 0.15) is 16.7 Å². The molecule has 1 aromatic carbocycles. The van der Waals surface area contributed by atoms with Crippen LogP contribution in [0.4, 0.5) is 0 Å². The molecule has 1 heterocycles. The van der Waals surface area contributed by atoms with Crippen molar-refractivity contribution in [2.24, 2.45) is 0 Å². The minimum Gasteiger partial charge on any atom is -0.546 e. The molecule has 1 aliphatic rings. The second-order valence-corrected chi connectivity index (χ2v) is 5.99. The van der Waals surface area contributed by atoms with E-state index in [0.717, 1.165) is 5.56 Å². The molecule has 22 heavy (non-hydrogen) atoms. The number of hydrogen-bond donors (Lipinski definition) is 0. The Labute approximate surface area is 137 Å². The van der Waals surface area contributed by atoms with E-state index >= 15 is 0 Å². The van der Waals surface area contributed by atoms with Crippen LogP contribution in [0.15, 0.2) is 41.8 Å². The summed E-state index contributed by atoms with van der Waals surface area (Å²) < 4.78 is 5.53. The Hall–Kier alpha value is -2.12. The van der Waals surface area contributed by atoms with Gasteiger partial charge in [0.05, 0.1) is 10.9 Å². The quantitative estimate of drug-likeness (QED) is 0.442. The van der Waals surface area contributed by atoms with Gasteiger partial charge in [0.2, 0.25) is 0 Å². The van der Waals surface area contributed by atoms with Gasteiger partial charge in [0.25, 0.3) is 5.91 Å². The number of carbonyl (C=O) groups excluding carboxylic acids is 2. The van der Waals surface area contributed by atoms with Crippen LogP contribution in [0.5, 0.6) is 5.75 Å². The summed E-state index contributed by atoms with van der Waals surface area (Å²) >= 11 is 6.37. The summed E-state index contributed by atoms with van der Waals surface area (Å²) in [5.74, 6) is -1.08. The first kappa shape index (κ1) is 16.3. The fraction of sp³-hybridized carbons (Fsp3) is 0.133. The van der Waals surface area contributed by atoms with E-state index in [1.807, 2.05) is 0 Å². The van der Waals surface area contributed by atoms with E-state index in [2.05, 4.69) is 6.58 Å². The number of rotatable bonds is 6. The summed E-state index contributed by atoms with van der Waals surface area (Å²) in [5, 5.41) is 10.4. The molecular formula is C15H12NO4S2-. The van der Waals surface area contributed by atoms with E-state index in [0.29, 0.717) is 21.5 Å². The molecule has 0 radical (unpaired) electrons. The number of carboxylic acid groups (broad SMARTS) is 1. The molecule has 7 heteroatoms. The second-order valence-electron chi connectivity index (χ2n) is 4.31. The van der Waals surface area contributed by atoms with Gasteiger partial charge in [-0.1, -0.05) is 42.2 Å². The average molecular weight is 334 g/mol. The van der Waals surface area contributed by atoms with Gasteiger partial charge < -0.3 is 14.6 Å². The molecule has 0 spiro atoms. The van der Waals surface area contributed by atoms with Crippen LogP contribution in [0.1, 0.15) is 5.56 Å². The number of hydrogen-bond acceptors (Lipinski definition) is 6. The van der Waals surface area contributed by atoms with Crippen molar-refractivity contribution in [2.45, 2.75) is 0 Å². The zero-order valence-corrected chi connectivity index (χ0v) is 13.1. The maximum atomic E-state index is 12.2. The molecule has 1 aromatic rings. The SMILES string of the molecule is C=CCN1C(=O)/C(=C\c2cccc(OCC(=O)[O-])c2)SC1=S. The van der Waals surface area contributed by atoms with Crippen molar-refractivity contribution in [3.63, 3.8) is 0 Å². The lowest BCUT2D eigenvalue weighted by Crippen LogP contribution is -2.28. The Morgan fingerprint density at radius 3 is 2.95 bits per heavy atom. The molecule has 1 fully saturated rings. The highest BCUT2D eigenvalue weighted by Gasteiger charge is 2.30. The highest BCUT2D eigenvalue weighted by molar-refractivity contribution is 8.26. The van der Waals surface area contributed by atoms with E-state index in [1.54, 1.807) is 36.4 Å². The molecule has 0 atom stereocenters. The Bertz CT molecular complexity index is 669. The lowest BCUT2D eigenvalue weighted by molar-refractivity contribution is -0.307. The number of nitrogens with zero attached hydrogens (tertiary/aromatic N) is 1. The van der Waals surface area contributed by atoms with Crippen molar-refractivity contribution in [2.75, 3.05) is 13.2 Å². The molecule has 1 aliphatic heterocycles. The van der Waals surface area contributed by atoms with Crippen molar-refractivity contribution in [1.82, 2.24) is 4.90 Å². The van der Waals surface area contributed by atoms with Gasteiger partial charge in [-0.25, -0.2) is 0 Å². The van der Waals surface area contributed by atoms with Gasteiger partial charge in [-0.05, 0) is 23.8 Å². The lowest BCUT2D eigenvalue weighted by Gasteiger charge is -2.10. The molecule has 0 saturated carbocycles. The van der Waals surface area contributed by atoms with Crippen LogP contribution in [0.25, 0.3) is 6.08 Å². The molecule has 1 amide bonds. The molecule has 0 N–H and O–H groups in total. The van der Waals surface area contributed by atoms with Gasteiger partial charge in [-0.15, -0.1) is 6.58 Å². The normalized spacial score (nSPS) is 16.2. The third-order valence-electron chi connectivity index (χ3n) is 2.70. The number of amides is 1. The summed E-state index contributed by atoms with van der Waals surface area (Å²) in [6, 6.07) is 6.76. The van der Waals surface area contributed by atoms with Crippen molar-refractivity contribution >= 4 is 46.3 Å². The number of ether oxygens (including phenoxy) is 1. The number of aliphatic carboxylic acids is 1. The van der Waals surface area contributed by atoms with Crippen LogP contribution >= 0.6 is 24.0 Å². The first-order valence-corrected chi connectivity index (χ1v) is 7.52. The second kappa shape index (κ2) is 7.24. The largest absolute Gasteiger partial charge is 0.546 e. The van der Waals surface area contributed by atoms with Crippen LogP contribution in [-0.4, -0.2) is 34.2 Å². The van der Waals surface area contributed by atoms with Crippen LogP contribution < -0.4 is 9.84 Å². The third kappa shape index (κ3) is 3.96. The Balaban J connectivity index is 2.17. The van der Waals surface area contributed by atoms with Crippen LogP contribution in [-0.2, 0) is 9.59 Å². The zero-order valence-electron chi connectivity index (χ0n) is 11.5. The number of thioether (sulfide) groups is 1. The minimum absolute atomic E-state index is 0.170. The smallest absolute Gasteiger partial charge is 0.266 e. The van der Waals surface area contributed by atoms with Gasteiger partial charge in [-0.2, -0.15) is 0 Å². The fourth-order valence-corrected chi connectivity index (χ4v) is 3.05. The fourth-order valence-electron chi connectivity index (χ4n) is 1.77. The Morgan fingerprint density at radius 1 is 1.50 bits per heavy atom. The van der Waals surface area contributed by atoms with Crippen molar-refractivity contribution < 1.29 is 19.4 Å². The highest BCUT2D eigenvalue weighted by atomic mass is 32.2. The highest BCUT2D eigenvalue weighted by Crippen LogP contribution is 2.32.